The molecule has 4 nitrogen and oxygen atoms in total. The lowest BCUT2D eigenvalue weighted by Gasteiger charge is -2.21. The molecule has 3 rings (SSSR count). The molecule has 1 saturated heterocycles. The maximum atomic E-state index is 12.6. The van der Waals surface area contributed by atoms with Gasteiger partial charge in [-0.2, -0.15) is 0 Å². The van der Waals surface area contributed by atoms with Gasteiger partial charge in [0.2, 0.25) is 11.8 Å². The van der Waals surface area contributed by atoms with Crippen molar-refractivity contribution in [2.24, 2.45) is 5.41 Å². The molecule has 1 atom stereocenters. The summed E-state index contributed by atoms with van der Waals surface area (Å²) in [7, 11) is 0. The van der Waals surface area contributed by atoms with Crippen LogP contribution in [-0.4, -0.2) is 18.4 Å². The van der Waals surface area contributed by atoms with Crippen LogP contribution >= 0.6 is 11.8 Å². The van der Waals surface area contributed by atoms with Crippen LogP contribution in [0.25, 0.3) is 0 Å². The third-order valence-electron chi connectivity index (χ3n) is 3.88. The van der Waals surface area contributed by atoms with Crippen LogP contribution in [0.15, 0.2) is 64.4 Å². The van der Waals surface area contributed by atoms with E-state index in [-0.39, 0.29) is 18.2 Å². The smallest absolute Gasteiger partial charge is 0.232 e. The number of hydrogen-bond acceptors (Lipinski definition) is 3. The topological polar surface area (TPSA) is 58.2 Å². The average molecular weight is 326 g/mol. The summed E-state index contributed by atoms with van der Waals surface area (Å²) in [4.78, 5) is 26.1. The molecule has 1 fully saturated rings. The van der Waals surface area contributed by atoms with Gasteiger partial charge in [0.1, 0.15) is 0 Å². The highest BCUT2D eigenvalue weighted by molar-refractivity contribution is 7.99. The quantitative estimate of drug-likeness (QED) is 0.906. The zero-order valence-electron chi connectivity index (χ0n) is 12.8. The molecule has 1 aliphatic rings. The minimum absolute atomic E-state index is 0.0744. The van der Waals surface area contributed by atoms with Crippen molar-refractivity contribution in [1.29, 1.82) is 0 Å². The lowest BCUT2D eigenvalue weighted by atomic mass is 9.88. The van der Waals surface area contributed by atoms with Gasteiger partial charge >= 0.3 is 0 Å². The monoisotopic (exact) mass is 326 g/mol. The molecule has 23 heavy (non-hydrogen) atoms. The van der Waals surface area contributed by atoms with Crippen molar-refractivity contribution >= 4 is 29.3 Å². The van der Waals surface area contributed by atoms with Crippen molar-refractivity contribution in [3.05, 3.63) is 54.6 Å². The first-order chi connectivity index (χ1) is 11.1. The Morgan fingerprint density at radius 2 is 1.83 bits per heavy atom. The van der Waals surface area contributed by atoms with Crippen molar-refractivity contribution in [3.8, 4) is 0 Å². The third kappa shape index (κ3) is 3.56. The number of benzene rings is 2. The van der Waals surface area contributed by atoms with Crippen LogP contribution in [0.5, 0.6) is 0 Å². The maximum absolute atomic E-state index is 12.6. The summed E-state index contributed by atoms with van der Waals surface area (Å²) in [5.41, 5.74) is 0.0775. The van der Waals surface area contributed by atoms with Crippen LogP contribution in [0.1, 0.15) is 13.3 Å². The van der Waals surface area contributed by atoms with Crippen LogP contribution in [-0.2, 0) is 9.59 Å². The van der Waals surface area contributed by atoms with Crippen LogP contribution in [0.3, 0.4) is 0 Å². The first-order valence-corrected chi connectivity index (χ1v) is 8.29. The normalized spacial score (nSPS) is 20.1. The standard InChI is InChI=1S/C18H18N2O2S/c1-18(11-16(21)19-12-18)17(22)20-14-9-5-6-10-15(14)23-13-7-3-2-4-8-13/h2-10H,11-12H2,1H3,(H,19,21)(H,20,22). The molecule has 5 heteroatoms. The molecule has 0 aromatic heterocycles. The maximum Gasteiger partial charge on any atom is 0.232 e. The Bertz CT molecular complexity index is 733. The number of nitrogens with one attached hydrogen (secondary N) is 2. The van der Waals surface area contributed by atoms with Gasteiger partial charge in [-0.25, -0.2) is 0 Å². The first-order valence-electron chi connectivity index (χ1n) is 7.47. The fraction of sp³-hybridized carbons (Fsp3) is 0.222. The number of carbonyl (C=O) groups excluding carboxylic acids is 2. The van der Waals surface area contributed by atoms with Gasteiger partial charge in [0.05, 0.1) is 11.1 Å². The SMILES string of the molecule is CC1(C(=O)Nc2ccccc2Sc2ccccc2)CNC(=O)C1. The van der Waals surface area contributed by atoms with E-state index in [9.17, 15) is 9.59 Å². The zero-order valence-corrected chi connectivity index (χ0v) is 13.7. The number of anilines is 1. The van der Waals surface area contributed by atoms with E-state index in [1.165, 1.54) is 0 Å². The molecular formula is C18H18N2O2S. The Hall–Kier alpha value is -2.27. The Balaban J connectivity index is 1.78. The highest BCUT2D eigenvalue weighted by Gasteiger charge is 2.40. The zero-order chi connectivity index (χ0) is 16.3. The largest absolute Gasteiger partial charge is 0.355 e. The van der Waals surface area contributed by atoms with E-state index in [4.69, 9.17) is 0 Å². The van der Waals surface area contributed by atoms with Gasteiger partial charge in [-0.15, -0.1) is 0 Å². The van der Waals surface area contributed by atoms with E-state index >= 15 is 0 Å². The molecule has 2 aromatic carbocycles. The summed E-state index contributed by atoms with van der Waals surface area (Å²) < 4.78 is 0. The van der Waals surface area contributed by atoms with Gasteiger partial charge in [0, 0.05) is 22.8 Å². The first kappa shape index (κ1) is 15.6. The molecule has 1 unspecified atom stereocenters. The minimum atomic E-state index is -0.693. The summed E-state index contributed by atoms with van der Waals surface area (Å²) >= 11 is 1.60. The van der Waals surface area contributed by atoms with E-state index in [1.54, 1.807) is 11.8 Å². The highest BCUT2D eigenvalue weighted by atomic mass is 32.2. The fourth-order valence-electron chi connectivity index (χ4n) is 2.48. The molecule has 1 aliphatic heterocycles. The van der Waals surface area contributed by atoms with Crippen LogP contribution in [0, 0.1) is 5.41 Å². The molecule has 0 radical (unpaired) electrons. The number of amides is 2. The van der Waals surface area contributed by atoms with Crippen molar-refractivity contribution in [3.63, 3.8) is 0 Å². The molecule has 118 valence electrons. The Labute approximate surface area is 139 Å². The Morgan fingerprint density at radius 3 is 2.52 bits per heavy atom. The van der Waals surface area contributed by atoms with Crippen molar-refractivity contribution < 1.29 is 9.59 Å². The highest BCUT2D eigenvalue weighted by Crippen LogP contribution is 2.35. The van der Waals surface area contributed by atoms with Crippen LogP contribution < -0.4 is 10.6 Å². The van der Waals surface area contributed by atoms with Gasteiger partial charge in [-0.1, -0.05) is 42.1 Å². The molecule has 0 spiro atoms. The molecule has 0 bridgehead atoms. The Morgan fingerprint density at radius 1 is 1.13 bits per heavy atom. The summed E-state index contributed by atoms with van der Waals surface area (Å²) in [5.74, 6) is -0.202. The van der Waals surface area contributed by atoms with Crippen LogP contribution in [0.2, 0.25) is 0 Å². The van der Waals surface area contributed by atoms with Crippen molar-refractivity contribution in [2.75, 3.05) is 11.9 Å². The molecular weight excluding hydrogens is 308 g/mol. The molecule has 2 aromatic rings. The van der Waals surface area contributed by atoms with E-state index in [2.05, 4.69) is 10.6 Å². The van der Waals surface area contributed by atoms with E-state index < -0.39 is 5.41 Å². The lowest BCUT2D eigenvalue weighted by molar-refractivity contribution is -0.126. The summed E-state index contributed by atoms with van der Waals surface area (Å²) in [6, 6.07) is 17.7. The van der Waals surface area contributed by atoms with Gasteiger partial charge < -0.3 is 10.6 Å². The Kier molecular flexibility index (Phi) is 4.39. The summed E-state index contributed by atoms with van der Waals surface area (Å²) in [6.07, 6.45) is 0.229. The van der Waals surface area contributed by atoms with Gasteiger partial charge in [-0.05, 0) is 31.2 Å². The summed E-state index contributed by atoms with van der Waals surface area (Å²) in [6.45, 7) is 2.19. The van der Waals surface area contributed by atoms with Crippen LogP contribution in [0.4, 0.5) is 5.69 Å². The lowest BCUT2D eigenvalue weighted by Crippen LogP contribution is -2.35. The van der Waals surface area contributed by atoms with Crippen molar-refractivity contribution in [1.82, 2.24) is 5.32 Å². The molecule has 1 heterocycles. The van der Waals surface area contributed by atoms with E-state index in [0.29, 0.717) is 6.54 Å². The van der Waals surface area contributed by atoms with Gasteiger partial charge in [0.25, 0.3) is 0 Å². The number of para-hydroxylation sites is 1. The third-order valence-corrected chi connectivity index (χ3v) is 4.96. The number of carbonyl (C=O) groups is 2. The fourth-order valence-corrected chi connectivity index (χ4v) is 3.40. The second kappa shape index (κ2) is 6.46. The number of hydrogen-bond donors (Lipinski definition) is 2. The second-order valence-electron chi connectivity index (χ2n) is 5.88. The van der Waals surface area contributed by atoms with E-state index in [1.807, 2.05) is 61.5 Å². The predicted octanol–water partition coefficient (Wildman–Crippen LogP) is 3.30. The minimum Gasteiger partial charge on any atom is -0.355 e. The number of rotatable bonds is 4. The second-order valence-corrected chi connectivity index (χ2v) is 6.99. The molecule has 0 aliphatic carbocycles. The van der Waals surface area contributed by atoms with Gasteiger partial charge in [-0.3, -0.25) is 9.59 Å². The summed E-state index contributed by atoms with van der Waals surface area (Å²) in [5, 5.41) is 5.71. The molecule has 0 saturated carbocycles. The van der Waals surface area contributed by atoms with Crippen molar-refractivity contribution in [2.45, 2.75) is 23.1 Å². The van der Waals surface area contributed by atoms with Gasteiger partial charge in [0.15, 0.2) is 0 Å². The average Bonchev–Trinajstić information content (AvgIpc) is 2.91. The predicted molar refractivity (Wildman–Crippen MR) is 91.4 cm³/mol. The molecule has 2 N–H and O–H groups in total. The van der Waals surface area contributed by atoms with E-state index in [0.717, 1.165) is 15.5 Å². The molecule has 2 amide bonds.